The Hall–Kier alpha value is -1.95. The molecule has 0 bridgehead atoms. The van der Waals surface area contributed by atoms with Crippen LogP contribution in [0.1, 0.15) is 21.5 Å². The van der Waals surface area contributed by atoms with E-state index in [4.69, 9.17) is 11.5 Å². The van der Waals surface area contributed by atoms with Crippen LogP contribution < -0.4 is 5.32 Å². The van der Waals surface area contributed by atoms with Crippen LogP contribution in [0.15, 0.2) is 12.1 Å². The van der Waals surface area contributed by atoms with E-state index >= 15 is 0 Å². The normalized spacial score (nSPS) is 9.21. The molecule has 0 atom stereocenters. The zero-order chi connectivity index (χ0) is 10.7. The molecule has 2 N–H and O–H groups in total. The van der Waals surface area contributed by atoms with E-state index in [1.165, 1.54) is 6.07 Å². The van der Waals surface area contributed by atoms with Gasteiger partial charge in [-0.2, -0.15) is 0 Å². The second-order valence-corrected chi connectivity index (χ2v) is 2.90. The first-order valence-corrected chi connectivity index (χ1v) is 4.12. The highest BCUT2D eigenvalue weighted by Crippen LogP contribution is 2.20. The Bertz CT molecular complexity index is 416. The molecule has 0 aliphatic rings. The van der Waals surface area contributed by atoms with Gasteiger partial charge in [-0.05, 0) is 24.6 Å². The summed E-state index contributed by atoms with van der Waals surface area (Å²) in [5.41, 5.74) is 2.44. The average Bonchev–Trinajstić information content (AvgIpc) is 2.17. The van der Waals surface area contributed by atoms with Gasteiger partial charge in [-0.15, -0.1) is 6.42 Å². The lowest BCUT2D eigenvalue weighted by molar-refractivity contribution is 0.0697. The Labute approximate surface area is 82.8 Å². The van der Waals surface area contributed by atoms with E-state index in [9.17, 15) is 4.79 Å². The fraction of sp³-hybridized carbons (Fsp3) is 0.182. The minimum atomic E-state index is -0.974. The van der Waals surface area contributed by atoms with E-state index in [2.05, 4.69) is 11.2 Å². The van der Waals surface area contributed by atoms with Gasteiger partial charge in [0.2, 0.25) is 0 Å². The van der Waals surface area contributed by atoms with Crippen LogP contribution in [-0.4, -0.2) is 18.1 Å². The molecule has 0 aliphatic heterocycles. The first-order chi connectivity index (χ1) is 6.60. The monoisotopic (exact) mass is 189 g/mol. The third-order valence-corrected chi connectivity index (χ3v) is 2.08. The van der Waals surface area contributed by atoms with E-state index < -0.39 is 5.97 Å². The molecular formula is C11H11NO2. The molecule has 0 spiro atoms. The van der Waals surface area contributed by atoms with Crippen molar-refractivity contribution in [2.24, 2.45) is 0 Å². The van der Waals surface area contributed by atoms with Crippen LogP contribution in [0.25, 0.3) is 0 Å². The number of carboxylic acids is 1. The number of aromatic carboxylic acids is 1. The van der Waals surface area contributed by atoms with Gasteiger partial charge >= 0.3 is 5.97 Å². The number of terminal acetylenes is 1. The van der Waals surface area contributed by atoms with Gasteiger partial charge in [0, 0.05) is 18.3 Å². The van der Waals surface area contributed by atoms with Gasteiger partial charge in [0.05, 0.1) is 5.56 Å². The maximum absolute atomic E-state index is 10.8. The number of anilines is 1. The zero-order valence-electron chi connectivity index (χ0n) is 8.09. The first kappa shape index (κ1) is 10.1. The maximum Gasteiger partial charge on any atom is 0.335 e. The molecule has 3 heteroatoms. The molecule has 1 aromatic rings. The molecule has 0 fully saturated rings. The van der Waals surface area contributed by atoms with Crippen molar-refractivity contribution >= 4 is 11.7 Å². The SMILES string of the molecule is C#Cc1cc(C(=O)O)cc(NC)c1C. The molecule has 0 aromatic heterocycles. The largest absolute Gasteiger partial charge is 0.478 e. The summed E-state index contributed by atoms with van der Waals surface area (Å²) < 4.78 is 0. The number of rotatable bonds is 2. The second kappa shape index (κ2) is 3.84. The lowest BCUT2D eigenvalue weighted by Crippen LogP contribution is -2.02. The van der Waals surface area contributed by atoms with Crippen molar-refractivity contribution in [3.63, 3.8) is 0 Å². The molecule has 1 rings (SSSR count). The lowest BCUT2D eigenvalue weighted by atomic mass is 10.0. The minimum Gasteiger partial charge on any atom is -0.478 e. The number of carbonyl (C=O) groups is 1. The van der Waals surface area contributed by atoms with E-state index in [0.717, 1.165) is 11.3 Å². The zero-order valence-corrected chi connectivity index (χ0v) is 8.09. The van der Waals surface area contributed by atoms with Crippen LogP contribution >= 0.6 is 0 Å². The highest BCUT2D eigenvalue weighted by molar-refractivity contribution is 5.90. The second-order valence-electron chi connectivity index (χ2n) is 2.90. The molecule has 0 unspecified atom stereocenters. The Morgan fingerprint density at radius 2 is 2.21 bits per heavy atom. The number of hydrogen-bond acceptors (Lipinski definition) is 2. The third-order valence-electron chi connectivity index (χ3n) is 2.08. The van der Waals surface area contributed by atoms with Gasteiger partial charge in [0.1, 0.15) is 0 Å². The van der Waals surface area contributed by atoms with Gasteiger partial charge < -0.3 is 10.4 Å². The van der Waals surface area contributed by atoms with Crippen LogP contribution in [0, 0.1) is 19.3 Å². The Morgan fingerprint density at radius 3 is 2.64 bits per heavy atom. The highest BCUT2D eigenvalue weighted by Gasteiger charge is 2.09. The minimum absolute atomic E-state index is 0.202. The summed E-state index contributed by atoms with van der Waals surface area (Å²) in [5, 5.41) is 11.7. The van der Waals surface area contributed by atoms with Crippen molar-refractivity contribution in [3.05, 3.63) is 28.8 Å². The summed E-state index contributed by atoms with van der Waals surface area (Å²) in [6.07, 6.45) is 5.27. The van der Waals surface area contributed by atoms with Crippen molar-refractivity contribution in [1.29, 1.82) is 0 Å². The van der Waals surface area contributed by atoms with Crippen LogP contribution in [0.5, 0.6) is 0 Å². The van der Waals surface area contributed by atoms with Crippen LogP contribution in [-0.2, 0) is 0 Å². The highest BCUT2D eigenvalue weighted by atomic mass is 16.4. The topological polar surface area (TPSA) is 49.3 Å². The number of carboxylic acid groups (broad SMARTS) is 1. The molecule has 72 valence electrons. The number of benzene rings is 1. The third kappa shape index (κ3) is 1.69. The van der Waals surface area contributed by atoms with E-state index in [1.807, 2.05) is 6.92 Å². The van der Waals surface area contributed by atoms with Gasteiger partial charge in [-0.1, -0.05) is 5.92 Å². The summed E-state index contributed by atoms with van der Waals surface area (Å²) in [6, 6.07) is 3.07. The van der Waals surface area contributed by atoms with Crippen LogP contribution in [0.3, 0.4) is 0 Å². The number of hydrogen-bond donors (Lipinski definition) is 2. The number of nitrogens with one attached hydrogen (secondary N) is 1. The standard InChI is InChI=1S/C11H11NO2/c1-4-8-5-9(11(13)14)6-10(12-3)7(8)2/h1,5-6,12H,2-3H3,(H,13,14). The van der Waals surface area contributed by atoms with E-state index in [-0.39, 0.29) is 5.56 Å². The Balaban J connectivity index is 3.41. The summed E-state index contributed by atoms with van der Waals surface area (Å²) in [7, 11) is 1.73. The van der Waals surface area contributed by atoms with Crippen molar-refractivity contribution in [3.8, 4) is 12.3 Å². The van der Waals surface area contributed by atoms with Crippen molar-refractivity contribution in [1.82, 2.24) is 0 Å². The molecule has 3 nitrogen and oxygen atoms in total. The van der Waals surface area contributed by atoms with Crippen LogP contribution in [0.4, 0.5) is 5.69 Å². The molecule has 14 heavy (non-hydrogen) atoms. The average molecular weight is 189 g/mol. The fourth-order valence-corrected chi connectivity index (χ4v) is 1.25. The van der Waals surface area contributed by atoms with Gasteiger partial charge in [-0.3, -0.25) is 0 Å². The fourth-order valence-electron chi connectivity index (χ4n) is 1.25. The molecule has 1 aromatic carbocycles. The van der Waals surface area contributed by atoms with Crippen molar-refractivity contribution in [2.75, 3.05) is 12.4 Å². The molecule has 0 amide bonds. The molecular weight excluding hydrogens is 178 g/mol. The van der Waals surface area contributed by atoms with Gasteiger partial charge in [-0.25, -0.2) is 4.79 Å². The summed E-state index contributed by atoms with van der Waals surface area (Å²) >= 11 is 0. The predicted octanol–water partition coefficient (Wildman–Crippen LogP) is 1.72. The summed E-state index contributed by atoms with van der Waals surface area (Å²) in [6.45, 7) is 1.85. The van der Waals surface area contributed by atoms with Crippen molar-refractivity contribution < 1.29 is 9.90 Å². The quantitative estimate of drug-likeness (QED) is 0.696. The molecule has 0 aliphatic carbocycles. The van der Waals surface area contributed by atoms with E-state index in [1.54, 1.807) is 13.1 Å². The predicted molar refractivity (Wildman–Crippen MR) is 55.6 cm³/mol. The Kier molecular flexibility index (Phi) is 2.78. The molecule has 0 heterocycles. The lowest BCUT2D eigenvalue weighted by Gasteiger charge is -2.08. The molecule has 0 saturated heterocycles. The Morgan fingerprint density at radius 1 is 1.57 bits per heavy atom. The summed E-state index contributed by atoms with van der Waals surface area (Å²) in [5.74, 6) is 1.49. The molecule has 0 radical (unpaired) electrons. The van der Waals surface area contributed by atoms with Crippen LogP contribution in [0.2, 0.25) is 0 Å². The maximum atomic E-state index is 10.8. The van der Waals surface area contributed by atoms with Gasteiger partial charge in [0.15, 0.2) is 0 Å². The van der Waals surface area contributed by atoms with Gasteiger partial charge in [0.25, 0.3) is 0 Å². The van der Waals surface area contributed by atoms with Crippen molar-refractivity contribution in [2.45, 2.75) is 6.92 Å². The smallest absolute Gasteiger partial charge is 0.335 e. The van der Waals surface area contributed by atoms with E-state index in [0.29, 0.717) is 5.56 Å². The first-order valence-electron chi connectivity index (χ1n) is 4.12. The summed E-state index contributed by atoms with van der Waals surface area (Å²) in [4.78, 5) is 10.8. The molecule has 0 saturated carbocycles.